The number of rotatable bonds is 8. The van der Waals surface area contributed by atoms with E-state index >= 15 is 0 Å². The molecule has 0 bridgehead atoms. The van der Waals surface area contributed by atoms with Gasteiger partial charge in [0, 0.05) is 17.1 Å². The lowest BCUT2D eigenvalue weighted by Crippen LogP contribution is -2.61. The number of amides is 1. The van der Waals surface area contributed by atoms with E-state index in [0.717, 1.165) is 11.3 Å². The number of aliphatic hydroxyl groups excluding tert-OH is 1. The third-order valence-corrected chi connectivity index (χ3v) is 4.84. The number of carbonyl (C=O) groups excluding carboxylic acids is 1. The first-order chi connectivity index (χ1) is 10.4. The number of carbonyl (C=O) groups is 2. The van der Waals surface area contributed by atoms with E-state index in [4.69, 9.17) is 5.41 Å². The van der Waals surface area contributed by atoms with Gasteiger partial charge in [-0.1, -0.05) is 0 Å². The molecule has 1 fully saturated rings. The smallest absolute Gasteiger partial charge is 0.353 e. The Morgan fingerprint density at radius 2 is 2.36 bits per heavy atom. The lowest BCUT2D eigenvalue weighted by Gasteiger charge is -2.44. The van der Waals surface area contributed by atoms with Gasteiger partial charge in [0.25, 0.3) is 0 Å². The number of nitrogens with one attached hydrogen (secondary N) is 1. The van der Waals surface area contributed by atoms with Crippen LogP contribution in [0.15, 0.2) is 15.9 Å². The Hall–Kier alpha value is -1.94. The fraction of sp³-hybridized carbons (Fsp3) is 0.583. The van der Waals surface area contributed by atoms with E-state index in [-0.39, 0.29) is 24.2 Å². The molecule has 2 aliphatic rings. The molecule has 0 saturated carbocycles. The number of aliphatic hydroxyl groups is 1. The van der Waals surface area contributed by atoms with Crippen LogP contribution in [0, 0.1) is 16.2 Å². The molecule has 0 aromatic carbocycles. The number of hydrogen-bond donors (Lipinski definition) is 3. The normalized spacial score (nSPS) is 24.6. The summed E-state index contributed by atoms with van der Waals surface area (Å²) in [5.41, 5.74) is -0.0441. The molecule has 1 amide bonds. The molecule has 120 valence electrons. The lowest BCUT2D eigenvalue weighted by atomic mass is 9.83. The van der Waals surface area contributed by atoms with Crippen molar-refractivity contribution < 1.29 is 19.8 Å². The van der Waals surface area contributed by atoms with E-state index in [0.29, 0.717) is 17.1 Å². The number of fused-ring (bicyclic) bond motifs is 1. The maximum Gasteiger partial charge on any atom is 0.353 e. The van der Waals surface area contributed by atoms with Crippen LogP contribution < -0.4 is 0 Å². The van der Waals surface area contributed by atoms with Crippen LogP contribution in [0.5, 0.6) is 0 Å². The summed E-state index contributed by atoms with van der Waals surface area (Å²) in [6, 6.07) is -0.316. The molecule has 0 spiro atoms. The standard InChI is InChI=1S/C12H16N4O5S/c1-6(17)9-7-4-8(22-3-2-15(5-13)14-21)10(12(19)20)16(7)11(9)18/h5-7,9,13,17H,2-4H2,1H3,(H,19,20)/t6-,7-,9-/m0/s1. The Morgan fingerprint density at radius 3 is 2.86 bits per heavy atom. The van der Waals surface area contributed by atoms with E-state index in [1.807, 2.05) is 0 Å². The summed E-state index contributed by atoms with van der Waals surface area (Å²) in [5.74, 6) is -1.76. The molecule has 0 aromatic heterocycles. The molecular formula is C12H16N4O5S. The second kappa shape index (κ2) is 6.44. The fourth-order valence-corrected chi connectivity index (χ4v) is 3.89. The van der Waals surface area contributed by atoms with Gasteiger partial charge in [-0.2, -0.15) is 0 Å². The monoisotopic (exact) mass is 328 g/mol. The number of carboxylic acids is 1. The predicted octanol–water partition coefficient (Wildman–Crippen LogP) is 0.218. The summed E-state index contributed by atoms with van der Waals surface area (Å²) in [6.45, 7) is 1.69. The van der Waals surface area contributed by atoms with Crippen molar-refractivity contribution in [2.75, 3.05) is 12.3 Å². The van der Waals surface area contributed by atoms with Gasteiger partial charge in [-0.05, 0) is 6.92 Å². The molecule has 22 heavy (non-hydrogen) atoms. The zero-order valence-electron chi connectivity index (χ0n) is 11.8. The maximum atomic E-state index is 12.0. The molecule has 10 heteroatoms. The number of hydrogen-bond acceptors (Lipinski definition) is 7. The average Bonchev–Trinajstić information content (AvgIpc) is 2.77. The number of carboxylic acid groups (broad SMARTS) is 1. The van der Waals surface area contributed by atoms with Crippen molar-refractivity contribution in [1.29, 1.82) is 5.41 Å². The Balaban J connectivity index is 2.07. The third-order valence-electron chi connectivity index (χ3n) is 3.74. The number of β-lactam (4-membered cyclic amide) rings is 1. The third kappa shape index (κ3) is 2.71. The van der Waals surface area contributed by atoms with Crippen LogP contribution in [-0.4, -0.2) is 62.8 Å². The highest BCUT2D eigenvalue weighted by Gasteiger charge is 2.56. The number of nitroso groups, excluding NO2 is 1. The minimum atomic E-state index is -1.18. The van der Waals surface area contributed by atoms with Gasteiger partial charge in [-0.15, -0.1) is 16.7 Å². The second-order valence-corrected chi connectivity index (χ2v) is 6.24. The summed E-state index contributed by atoms with van der Waals surface area (Å²) >= 11 is 1.22. The van der Waals surface area contributed by atoms with Crippen molar-refractivity contribution in [2.24, 2.45) is 11.2 Å². The van der Waals surface area contributed by atoms with Crippen molar-refractivity contribution in [2.45, 2.75) is 25.5 Å². The van der Waals surface area contributed by atoms with Crippen molar-refractivity contribution in [3.05, 3.63) is 15.5 Å². The Bertz CT molecular complexity index is 542. The molecule has 0 unspecified atom stereocenters. The number of aliphatic carboxylic acids is 1. The average molecular weight is 328 g/mol. The molecule has 1 saturated heterocycles. The predicted molar refractivity (Wildman–Crippen MR) is 78.8 cm³/mol. The van der Waals surface area contributed by atoms with Crippen molar-refractivity contribution >= 4 is 30.0 Å². The van der Waals surface area contributed by atoms with Crippen LogP contribution in [0.25, 0.3) is 0 Å². The number of thioether (sulfide) groups is 1. The van der Waals surface area contributed by atoms with Crippen LogP contribution in [0.3, 0.4) is 0 Å². The highest BCUT2D eigenvalue weighted by molar-refractivity contribution is 8.03. The molecule has 2 heterocycles. The minimum absolute atomic E-state index is 0.0441. The van der Waals surface area contributed by atoms with Crippen LogP contribution in [0.1, 0.15) is 13.3 Å². The fourth-order valence-electron chi connectivity index (χ4n) is 2.75. The molecule has 3 atom stereocenters. The van der Waals surface area contributed by atoms with Crippen molar-refractivity contribution in [3.8, 4) is 0 Å². The van der Waals surface area contributed by atoms with Crippen molar-refractivity contribution in [1.82, 2.24) is 9.91 Å². The van der Waals surface area contributed by atoms with Crippen LogP contribution >= 0.6 is 11.8 Å². The zero-order valence-corrected chi connectivity index (χ0v) is 12.6. The SMILES string of the molecule is C[C@H](O)[C@@H]1C(=O)N2C(C(=O)O)=C(SCCN(C=N)N=O)C[C@@H]12. The first-order valence-corrected chi connectivity index (χ1v) is 7.61. The summed E-state index contributed by atoms with van der Waals surface area (Å²) in [4.78, 5) is 35.5. The summed E-state index contributed by atoms with van der Waals surface area (Å²) < 4.78 is 0. The Morgan fingerprint density at radius 1 is 1.68 bits per heavy atom. The largest absolute Gasteiger partial charge is 0.477 e. The van der Waals surface area contributed by atoms with Crippen LogP contribution in [0.4, 0.5) is 0 Å². The van der Waals surface area contributed by atoms with Crippen LogP contribution in [0.2, 0.25) is 0 Å². The van der Waals surface area contributed by atoms with E-state index in [1.54, 1.807) is 0 Å². The van der Waals surface area contributed by atoms with E-state index in [2.05, 4.69) is 5.29 Å². The molecule has 0 radical (unpaired) electrons. The minimum Gasteiger partial charge on any atom is -0.477 e. The van der Waals surface area contributed by atoms with Crippen molar-refractivity contribution in [3.63, 3.8) is 0 Å². The molecule has 3 N–H and O–H groups in total. The second-order valence-electron chi connectivity index (χ2n) is 5.05. The topological polar surface area (TPSA) is 134 Å². The molecule has 2 rings (SSSR count). The number of nitrogens with zero attached hydrogens (tertiary/aromatic N) is 3. The van der Waals surface area contributed by atoms with Gasteiger partial charge >= 0.3 is 5.97 Å². The van der Waals surface area contributed by atoms with Gasteiger partial charge in [0.1, 0.15) is 12.0 Å². The molecule has 0 aromatic rings. The Kier molecular flexibility index (Phi) is 4.81. The van der Waals surface area contributed by atoms with E-state index < -0.39 is 18.0 Å². The molecule has 2 aliphatic heterocycles. The first-order valence-electron chi connectivity index (χ1n) is 6.63. The highest BCUT2D eigenvalue weighted by atomic mass is 32.2. The van der Waals surface area contributed by atoms with Gasteiger partial charge in [0.15, 0.2) is 0 Å². The summed E-state index contributed by atoms with van der Waals surface area (Å²) in [7, 11) is 0. The van der Waals surface area contributed by atoms with Crippen LogP contribution in [-0.2, 0) is 9.59 Å². The maximum absolute atomic E-state index is 12.0. The first kappa shape index (κ1) is 16.4. The van der Waals surface area contributed by atoms with E-state index in [9.17, 15) is 24.7 Å². The lowest BCUT2D eigenvalue weighted by molar-refractivity contribution is -0.161. The molecule has 0 aliphatic carbocycles. The summed E-state index contributed by atoms with van der Waals surface area (Å²) in [5, 5.41) is 29.4. The summed E-state index contributed by atoms with van der Waals surface area (Å²) in [6.07, 6.45) is 0.350. The Labute approximate surface area is 130 Å². The van der Waals surface area contributed by atoms with Gasteiger partial charge < -0.3 is 15.1 Å². The van der Waals surface area contributed by atoms with Gasteiger partial charge in [0.05, 0.1) is 29.9 Å². The quantitative estimate of drug-likeness (QED) is 0.191. The van der Waals surface area contributed by atoms with Gasteiger partial charge in [-0.25, -0.2) is 9.80 Å². The molecule has 9 nitrogen and oxygen atoms in total. The van der Waals surface area contributed by atoms with Gasteiger partial charge in [-0.3, -0.25) is 10.2 Å². The highest BCUT2D eigenvalue weighted by Crippen LogP contribution is 2.46. The van der Waals surface area contributed by atoms with E-state index in [1.165, 1.54) is 23.6 Å². The van der Waals surface area contributed by atoms with Gasteiger partial charge in [0.2, 0.25) is 5.91 Å². The zero-order chi connectivity index (χ0) is 16.4. The molecular weight excluding hydrogens is 312 g/mol.